The molecule has 3 heterocycles. The molecule has 0 radical (unpaired) electrons. The second-order valence-corrected chi connectivity index (χ2v) is 5.24. The third-order valence-corrected chi connectivity index (χ3v) is 4.13. The topological polar surface area (TPSA) is 96.8 Å². The molecule has 0 amide bonds. The Kier molecular flexibility index (Phi) is 3.25. The smallest absolute Gasteiger partial charge is 0.333 e. The first-order chi connectivity index (χ1) is 10.1. The Morgan fingerprint density at radius 2 is 2.33 bits per heavy atom. The van der Waals surface area contributed by atoms with Gasteiger partial charge in [0.15, 0.2) is 0 Å². The molecule has 1 aliphatic heterocycles. The number of nitrogens with zero attached hydrogens (tertiary/aromatic N) is 5. The first-order valence-corrected chi connectivity index (χ1v) is 6.99. The summed E-state index contributed by atoms with van der Waals surface area (Å²) in [4.78, 5) is 17.0. The van der Waals surface area contributed by atoms with E-state index in [1.165, 1.54) is 10.7 Å². The number of aliphatic hydroxyl groups is 1. The van der Waals surface area contributed by atoms with Crippen molar-refractivity contribution < 1.29 is 10.0 Å². The molecule has 2 aromatic heterocycles. The zero-order chi connectivity index (χ0) is 15.1. The van der Waals surface area contributed by atoms with Gasteiger partial charge in [0.2, 0.25) is 5.65 Å². The van der Waals surface area contributed by atoms with E-state index in [0.717, 1.165) is 30.8 Å². The van der Waals surface area contributed by atoms with Crippen LogP contribution >= 0.6 is 0 Å². The van der Waals surface area contributed by atoms with Gasteiger partial charge in [0.1, 0.15) is 12.0 Å². The standard InChI is InChI=1S/C13H17N5O3/c1-3-8(2)16-5-4-9-10(7-19)15-12-11(18(20)21)6-14-17(12)13(9)16/h6,8,19H,3-5,7H2,1-2H3. The number of anilines is 1. The summed E-state index contributed by atoms with van der Waals surface area (Å²) in [6.45, 7) is 4.79. The highest BCUT2D eigenvalue weighted by atomic mass is 16.6. The van der Waals surface area contributed by atoms with Crippen molar-refractivity contribution in [3.8, 4) is 0 Å². The molecule has 21 heavy (non-hydrogen) atoms. The summed E-state index contributed by atoms with van der Waals surface area (Å²) < 4.78 is 1.53. The Morgan fingerprint density at radius 3 is 2.95 bits per heavy atom. The first-order valence-electron chi connectivity index (χ1n) is 6.99. The lowest BCUT2D eigenvalue weighted by molar-refractivity contribution is -0.383. The average molecular weight is 291 g/mol. The molecule has 1 N–H and O–H groups in total. The minimum absolute atomic E-state index is 0.136. The van der Waals surface area contributed by atoms with Gasteiger partial charge in [-0.1, -0.05) is 6.92 Å². The van der Waals surface area contributed by atoms with Gasteiger partial charge in [-0.05, 0) is 19.8 Å². The molecule has 8 heteroatoms. The lowest BCUT2D eigenvalue weighted by atomic mass is 10.2. The SMILES string of the molecule is CCC(C)N1CCc2c(CO)nc3c([N+](=O)[O-])cnn3c21. The van der Waals surface area contributed by atoms with Crippen molar-refractivity contribution in [2.45, 2.75) is 39.3 Å². The molecular formula is C13H17N5O3. The number of hydrogen-bond acceptors (Lipinski definition) is 6. The Morgan fingerprint density at radius 1 is 1.57 bits per heavy atom. The summed E-state index contributed by atoms with van der Waals surface area (Å²) in [5.41, 5.74) is 1.50. The number of fused-ring (bicyclic) bond motifs is 3. The maximum Gasteiger partial charge on any atom is 0.333 e. The fourth-order valence-corrected chi connectivity index (χ4v) is 2.84. The zero-order valence-corrected chi connectivity index (χ0v) is 12.0. The summed E-state index contributed by atoms with van der Waals surface area (Å²) in [6, 6.07) is 0.298. The molecule has 0 fully saturated rings. The van der Waals surface area contributed by atoms with Gasteiger partial charge in [-0.3, -0.25) is 10.1 Å². The van der Waals surface area contributed by atoms with E-state index < -0.39 is 4.92 Å². The van der Waals surface area contributed by atoms with Crippen molar-refractivity contribution in [2.24, 2.45) is 0 Å². The molecule has 0 aromatic carbocycles. The van der Waals surface area contributed by atoms with Crippen LogP contribution in [0.3, 0.4) is 0 Å². The van der Waals surface area contributed by atoms with E-state index >= 15 is 0 Å². The highest BCUT2D eigenvalue weighted by Gasteiger charge is 2.31. The second-order valence-electron chi connectivity index (χ2n) is 5.24. The monoisotopic (exact) mass is 291 g/mol. The fourth-order valence-electron chi connectivity index (χ4n) is 2.84. The van der Waals surface area contributed by atoms with Crippen LogP contribution in [0.5, 0.6) is 0 Å². The summed E-state index contributed by atoms with van der Waals surface area (Å²) in [5, 5.41) is 24.8. The van der Waals surface area contributed by atoms with Crippen LogP contribution in [0, 0.1) is 10.1 Å². The molecule has 0 saturated carbocycles. The third-order valence-electron chi connectivity index (χ3n) is 4.13. The summed E-state index contributed by atoms with van der Waals surface area (Å²) in [7, 11) is 0. The van der Waals surface area contributed by atoms with Crippen molar-refractivity contribution in [3.63, 3.8) is 0 Å². The quantitative estimate of drug-likeness (QED) is 0.673. The minimum atomic E-state index is -0.495. The van der Waals surface area contributed by atoms with E-state index in [9.17, 15) is 15.2 Å². The number of aromatic nitrogens is 3. The largest absolute Gasteiger partial charge is 0.390 e. The van der Waals surface area contributed by atoms with Gasteiger partial charge in [-0.2, -0.15) is 9.61 Å². The van der Waals surface area contributed by atoms with Crippen molar-refractivity contribution in [1.82, 2.24) is 14.6 Å². The van der Waals surface area contributed by atoms with Gasteiger partial charge in [-0.15, -0.1) is 0 Å². The van der Waals surface area contributed by atoms with Crippen LogP contribution in [0.25, 0.3) is 5.65 Å². The molecule has 2 aromatic rings. The summed E-state index contributed by atoms with van der Waals surface area (Å²) in [5.74, 6) is 0.825. The van der Waals surface area contributed by atoms with E-state index in [-0.39, 0.29) is 17.9 Å². The molecule has 3 rings (SSSR count). The van der Waals surface area contributed by atoms with Gasteiger partial charge in [0, 0.05) is 18.2 Å². The van der Waals surface area contributed by atoms with Gasteiger partial charge >= 0.3 is 5.69 Å². The van der Waals surface area contributed by atoms with Crippen LogP contribution < -0.4 is 4.90 Å². The molecule has 8 nitrogen and oxygen atoms in total. The maximum atomic E-state index is 11.1. The molecular weight excluding hydrogens is 274 g/mol. The average Bonchev–Trinajstić information content (AvgIpc) is 3.08. The zero-order valence-electron chi connectivity index (χ0n) is 12.0. The van der Waals surface area contributed by atoms with Crippen LogP contribution in [0.1, 0.15) is 31.5 Å². The van der Waals surface area contributed by atoms with E-state index in [0.29, 0.717) is 11.7 Å². The first kappa shape index (κ1) is 13.7. The minimum Gasteiger partial charge on any atom is -0.390 e. The van der Waals surface area contributed by atoms with Gasteiger partial charge in [0.25, 0.3) is 0 Å². The van der Waals surface area contributed by atoms with E-state index in [1.54, 1.807) is 0 Å². The van der Waals surface area contributed by atoms with E-state index in [1.807, 2.05) is 0 Å². The third kappa shape index (κ3) is 1.94. The van der Waals surface area contributed by atoms with Crippen LogP contribution in [-0.4, -0.2) is 37.2 Å². The molecule has 0 bridgehead atoms. The number of hydrogen-bond donors (Lipinski definition) is 1. The maximum absolute atomic E-state index is 11.1. The predicted octanol–water partition coefficient (Wildman–Crippen LogP) is 1.29. The molecule has 1 aliphatic rings. The highest BCUT2D eigenvalue weighted by molar-refractivity contribution is 5.67. The van der Waals surface area contributed by atoms with Gasteiger partial charge < -0.3 is 10.0 Å². The summed E-state index contributed by atoms with van der Waals surface area (Å²) >= 11 is 0. The van der Waals surface area contributed by atoms with Crippen molar-refractivity contribution >= 4 is 17.2 Å². The number of nitro groups is 1. The lowest BCUT2D eigenvalue weighted by Crippen LogP contribution is -2.32. The van der Waals surface area contributed by atoms with Gasteiger partial charge in [0.05, 0.1) is 17.2 Å². The Bertz CT molecular complexity index is 711. The fraction of sp³-hybridized carbons (Fsp3) is 0.538. The highest BCUT2D eigenvalue weighted by Crippen LogP contribution is 2.34. The molecule has 0 saturated heterocycles. The molecule has 1 unspecified atom stereocenters. The van der Waals surface area contributed by atoms with Crippen LogP contribution in [0.15, 0.2) is 6.20 Å². The molecule has 112 valence electrons. The second kappa shape index (κ2) is 4.96. The van der Waals surface area contributed by atoms with E-state index in [2.05, 4.69) is 28.8 Å². The summed E-state index contributed by atoms with van der Waals surface area (Å²) in [6.07, 6.45) is 2.95. The number of rotatable bonds is 4. The normalized spacial score (nSPS) is 15.5. The van der Waals surface area contributed by atoms with Crippen LogP contribution in [0.4, 0.5) is 11.5 Å². The van der Waals surface area contributed by atoms with Crippen molar-refractivity contribution in [3.05, 3.63) is 27.6 Å². The van der Waals surface area contributed by atoms with Crippen LogP contribution in [-0.2, 0) is 13.0 Å². The number of aliphatic hydroxyl groups excluding tert-OH is 1. The Labute approximate surface area is 121 Å². The lowest BCUT2D eigenvalue weighted by Gasteiger charge is -2.26. The van der Waals surface area contributed by atoms with Crippen molar-refractivity contribution in [2.75, 3.05) is 11.4 Å². The molecule has 0 spiro atoms. The van der Waals surface area contributed by atoms with E-state index in [4.69, 9.17) is 0 Å². The van der Waals surface area contributed by atoms with Crippen LogP contribution in [0.2, 0.25) is 0 Å². The Balaban J connectivity index is 2.29. The Hall–Kier alpha value is -2.22. The van der Waals surface area contributed by atoms with Gasteiger partial charge in [-0.25, -0.2) is 4.98 Å². The van der Waals surface area contributed by atoms with Crippen molar-refractivity contribution in [1.29, 1.82) is 0 Å². The molecule has 1 atom stereocenters. The molecule has 0 aliphatic carbocycles. The predicted molar refractivity (Wildman–Crippen MR) is 76.4 cm³/mol.